The zero-order chi connectivity index (χ0) is 23.2. The summed E-state index contributed by atoms with van der Waals surface area (Å²) in [6, 6.07) is 18.4. The summed E-state index contributed by atoms with van der Waals surface area (Å²) in [6.45, 7) is 2.06. The molecule has 6 nitrogen and oxygen atoms in total. The van der Waals surface area contributed by atoms with Gasteiger partial charge in [0.2, 0.25) is 5.91 Å². The van der Waals surface area contributed by atoms with Crippen LogP contribution in [0.3, 0.4) is 0 Å². The van der Waals surface area contributed by atoms with Crippen LogP contribution in [0.4, 0.5) is 0 Å². The van der Waals surface area contributed by atoms with Crippen LogP contribution in [0.15, 0.2) is 59.8 Å². The number of aromatic nitrogens is 3. The van der Waals surface area contributed by atoms with Crippen molar-refractivity contribution in [2.75, 3.05) is 19.9 Å². The molecule has 0 aliphatic heterocycles. The molecule has 0 saturated heterocycles. The summed E-state index contributed by atoms with van der Waals surface area (Å²) in [7, 11) is 3.55. The highest BCUT2D eigenvalue weighted by Crippen LogP contribution is 2.38. The fourth-order valence-electron chi connectivity index (χ4n) is 4.46. The second-order valence-electron chi connectivity index (χ2n) is 8.55. The minimum absolute atomic E-state index is 0.0136. The van der Waals surface area contributed by atoms with Crippen LogP contribution in [-0.2, 0) is 4.79 Å². The fraction of sp³-hybridized carbons (Fsp3) is 0.423. The van der Waals surface area contributed by atoms with E-state index in [1.165, 1.54) is 31.0 Å². The number of ether oxygens (including phenoxy) is 1. The largest absolute Gasteiger partial charge is 0.496 e. The lowest BCUT2D eigenvalue weighted by molar-refractivity contribution is -0.128. The van der Waals surface area contributed by atoms with Crippen molar-refractivity contribution in [2.45, 2.75) is 56.3 Å². The van der Waals surface area contributed by atoms with Gasteiger partial charge in [0.05, 0.1) is 24.5 Å². The molecule has 174 valence electrons. The predicted molar refractivity (Wildman–Crippen MR) is 132 cm³/mol. The summed E-state index contributed by atoms with van der Waals surface area (Å²) >= 11 is 1.48. The number of carbonyl (C=O) groups is 1. The molecule has 1 aliphatic carbocycles. The van der Waals surface area contributed by atoms with Crippen molar-refractivity contribution in [2.24, 2.45) is 0 Å². The molecule has 1 fully saturated rings. The van der Waals surface area contributed by atoms with Crippen LogP contribution in [0, 0.1) is 0 Å². The number of carbonyl (C=O) groups excluding carboxylic acids is 1. The summed E-state index contributed by atoms with van der Waals surface area (Å²) in [5.41, 5.74) is 2.06. The van der Waals surface area contributed by atoms with Crippen LogP contribution < -0.4 is 4.74 Å². The van der Waals surface area contributed by atoms with Crippen molar-refractivity contribution in [3.8, 4) is 17.1 Å². The number of para-hydroxylation sites is 1. The van der Waals surface area contributed by atoms with E-state index >= 15 is 0 Å². The number of rotatable bonds is 8. The van der Waals surface area contributed by atoms with Crippen LogP contribution >= 0.6 is 11.8 Å². The van der Waals surface area contributed by atoms with E-state index < -0.39 is 0 Å². The second-order valence-corrected chi connectivity index (χ2v) is 9.49. The maximum atomic E-state index is 13.0. The summed E-state index contributed by atoms with van der Waals surface area (Å²) in [5, 5.41) is 9.89. The van der Waals surface area contributed by atoms with Crippen LogP contribution in [-0.4, -0.2) is 45.5 Å². The Labute approximate surface area is 200 Å². The summed E-state index contributed by atoms with van der Waals surface area (Å²) in [4.78, 5) is 14.8. The Hall–Kier alpha value is -2.80. The molecule has 0 spiro atoms. The number of methoxy groups -OCH3 is 1. The van der Waals surface area contributed by atoms with Gasteiger partial charge in [-0.1, -0.05) is 73.5 Å². The number of thioether (sulfide) groups is 1. The third-order valence-corrected chi connectivity index (χ3v) is 7.46. The third kappa shape index (κ3) is 5.24. The van der Waals surface area contributed by atoms with E-state index in [2.05, 4.69) is 33.8 Å². The minimum atomic E-state index is 0.0136. The molecule has 3 aromatic rings. The normalized spacial score (nSPS) is 15.2. The Morgan fingerprint density at radius 1 is 1.09 bits per heavy atom. The van der Waals surface area contributed by atoms with Crippen LogP contribution in [0.5, 0.6) is 5.75 Å². The molecule has 1 aliphatic rings. The SMILES string of the molecule is COc1ccccc1-c1nnc(SCC(=O)N(C)[C@H](C)c2ccccc2)n1C1CCCCC1. The Balaban J connectivity index is 1.56. The predicted octanol–water partition coefficient (Wildman–Crippen LogP) is 5.77. The molecule has 7 heteroatoms. The summed E-state index contributed by atoms with van der Waals surface area (Å²) in [6.07, 6.45) is 5.88. The molecule has 0 unspecified atom stereocenters. The number of benzene rings is 2. The maximum absolute atomic E-state index is 13.0. The van der Waals surface area contributed by atoms with Gasteiger partial charge in [-0.25, -0.2) is 0 Å². The second kappa shape index (κ2) is 10.9. The van der Waals surface area contributed by atoms with Crippen LogP contribution in [0.25, 0.3) is 11.4 Å². The smallest absolute Gasteiger partial charge is 0.233 e. The monoisotopic (exact) mass is 464 g/mol. The van der Waals surface area contributed by atoms with E-state index in [-0.39, 0.29) is 11.9 Å². The lowest BCUT2D eigenvalue weighted by Crippen LogP contribution is -2.31. The Morgan fingerprint density at radius 3 is 2.52 bits per heavy atom. The zero-order valence-electron chi connectivity index (χ0n) is 19.6. The highest BCUT2D eigenvalue weighted by Gasteiger charge is 2.26. The topological polar surface area (TPSA) is 60.3 Å². The molecular formula is C26H32N4O2S. The lowest BCUT2D eigenvalue weighted by atomic mass is 9.95. The van der Waals surface area contributed by atoms with Gasteiger partial charge in [-0.15, -0.1) is 10.2 Å². The zero-order valence-corrected chi connectivity index (χ0v) is 20.4. The standard InChI is InChI=1S/C26H32N4O2S/c1-19(20-12-6-4-7-13-20)29(2)24(31)18-33-26-28-27-25(22-16-10-11-17-23(22)32-3)30(26)21-14-8-5-9-15-21/h4,6-7,10-13,16-17,19,21H,5,8-9,14-15,18H2,1-3H3/t19-/m1/s1. The molecular weight excluding hydrogens is 432 g/mol. The van der Waals surface area contributed by atoms with E-state index in [4.69, 9.17) is 4.74 Å². The van der Waals surface area contributed by atoms with Crippen molar-refractivity contribution in [3.63, 3.8) is 0 Å². The van der Waals surface area contributed by atoms with Crippen molar-refractivity contribution in [1.29, 1.82) is 0 Å². The Morgan fingerprint density at radius 2 is 1.79 bits per heavy atom. The molecule has 1 aromatic heterocycles. The molecule has 1 amide bonds. The molecule has 1 heterocycles. The average Bonchev–Trinajstić information content (AvgIpc) is 3.31. The van der Waals surface area contributed by atoms with E-state index in [1.807, 2.05) is 54.4 Å². The Kier molecular flexibility index (Phi) is 7.70. The van der Waals surface area contributed by atoms with Gasteiger partial charge >= 0.3 is 0 Å². The average molecular weight is 465 g/mol. The number of hydrogen-bond acceptors (Lipinski definition) is 5. The first kappa shape index (κ1) is 23.4. The van der Waals surface area contributed by atoms with E-state index in [1.54, 1.807) is 7.11 Å². The molecule has 0 bridgehead atoms. The van der Waals surface area contributed by atoms with Crippen LogP contribution in [0.1, 0.15) is 56.7 Å². The quantitative estimate of drug-likeness (QED) is 0.396. The minimum Gasteiger partial charge on any atom is -0.496 e. The van der Waals surface area contributed by atoms with Crippen molar-refractivity contribution in [1.82, 2.24) is 19.7 Å². The highest BCUT2D eigenvalue weighted by atomic mass is 32.2. The van der Waals surface area contributed by atoms with E-state index in [0.29, 0.717) is 11.8 Å². The van der Waals surface area contributed by atoms with Gasteiger partial charge in [-0.2, -0.15) is 0 Å². The number of amides is 1. The molecule has 1 saturated carbocycles. The lowest BCUT2D eigenvalue weighted by Gasteiger charge is -2.27. The van der Waals surface area contributed by atoms with Crippen molar-refractivity contribution in [3.05, 3.63) is 60.2 Å². The van der Waals surface area contributed by atoms with Gasteiger partial charge in [0.15, 0.2) is 11.0 Å². The molecule has 0 radical (unpaired) electrons. The van der Waals surface area contributed by atoms with Crippen LogP contribution in [0.2, 0.25) is 0 Å². The fourth-order valence-corrected chi connectivity index (χ4v) is 5.39. The first-order chi connectivity index (χ1) is 16.1. The first-order valence-corrected chi connectivity index (χ1v) is 12.6. The summed E-state index contributed by atoms with van der Waals surface area (Å²) < 4.78 is 7.85. The Bertz CT molecular complexity index is 1060. The van der Waals surface area contributed by atoms with Gasteiger partial charge < -0.3 is 9.64 Å². The summed E-state index contributed by atoms with van der Waals surface area (Å²) in [5.74, 6) is 2.00. The van der Waals surface area contributed by atoms with Gasteiger partial charge in [-0.3, -0.25) is 9.36 Å². The third-order valence-electron chi connectivity index (χ3n) is 6.53. The highest BCUT2D eigenvalue weighted by molar-refractivity contribution is 7.99. The van der Waals surface area contributed by atoms with Gasteiger partial charge in [-0.05, 0) is 37.5 Å². The van der Waals surface area contributed by atoms with E-state index in [0.717, 1.165) is 40.7 Å². The van der Waals surface area contributed by atoms with Gasteiger partial charge in [0.1, 0.15) is 5.75 Å². The molecule has 1 atom stereocenters. The molecule has 2 aromatic carbocycles. The maximum Gasteiger partial charge on any atom is 0.233 e. The molecule has 0 N–H and O–H groups in total. The van der Waals surface area contributed by atoms with Gasteiger partial charge in [0, 0.05) is 13.1 Å². The molecule has 33 heavy (non-hydrogen) atoms. The number of nitrogens with zero attached hydrogens (tertiary/aromatic N) is 4. The number of hydrogen-bond donors (Lipinski definition) is 0. The molecule has 4 rings (SSSR count). The van der Waals surface area contributed by atoms with Crippen molar-refractivity contribution < 1.29 is 9.53 Å². The van der Waals surface area contributed by atoms with E-state index in [9.17, 15) is 4.79 Å². The van der Waals surface area contributed by atoms with Gasteiger partial charge in [0.25, 0.3) is 0 Å². The van der Waals surface area contributed by atoms with Crippen molar-refractivity contribution >= 4 is 17.7 Å². The first-order valence-electron chi connectivity index (χ1n) is 11.6.